The minimum Gasteiger partial charge on any atom is -0.395 e. The predicted molar refractivity (Wildman–Crippen MR) is 55.2 cm³/mol. The number of hydrogen-bond acceptors (Lipinski definition) is 5. The minimum atomic E-state index is -0.355. The third kappa shape index (κ3) is 2.00. The molecule has 2 heterocycles. The Balaban J connectivity index is 2.20. The molecular weight excluding hydrogens is 196 g/mol. The van der Waals surface area contributed by atoms with Crippen LogP contribution in [0.3, 0.4) is 0 Å². The second kappa shape index (κ2) is 4.00. The molecule has 0 saturated carbocycles. The maximum atomic E-state index is 11.5. The lowest BCUT2D eigenvalue weighted by atomic mass is 10.2. The fourth-order valence-electron chi connectivity index (χ4n) is 1.82. The lowest BCUT2D eigenvalue weighted by molar-refractivity contribution is 0.246. The van der Waals surface area contributed by atoms with E-state index in [4.69, 9.17) is 10.8 Å². The monoisotopic (exact) mass is 210 g/mol. The Hall–Kier alpha value is -1.40. The molecule has 6 nitrogen and oxygen atoms in total. The van der Waals surface area contributed by atoms with Crippen molar-refractivity contribution in [3.05, 3.63) is 22.7 Å². The highest BCUT2D eigenvalue weighted by atomic mass is 16.3. The average molecular weight is 210 g/mol. The molecule has 2 unspecified atom stereocenters. The third-order valence-corrected chi connectivity index (χ3v) is 2.62. The molecule has 1 aliphatic rings. The van der Waals surface area contributed by atoms with Crippen LogP contribution in [0, 0.1) is 0 Å². The van der Waals surface area contributed by atoms with Crippen molar-refractivity contribution in [3.63, 3.8) is 0 Å². The third-order valence-electron chi connectivity index (χ3n) is 2.62. The van der Waals surface area contributed by atoms with E-state index in [0.29, 0.717) is 0 Å². The van der Waals surface area contributed by atoms with Crippen molar-refractivity contribution in [2.24, 2.45) is 0 Å². The Bertz CT molecular complexity index is 403. The van der Waals surface area contributed by atoms with Crippen molar-refractivity contribution in [2.45, 2.75) is 25.0 Å². The first-order valence-corrected chi connectivity index (χ1v) is 4.92. The number of rotatable bonds is 2. The Kier molecular flexibility index (Phi) is 2.70. The summed E-state index contributed by atoms with van der Waals surface area (Å²) in [7, 11) is 0. The molecule has 6 heteroatoms. The molecular formula is C9H14N4O2. The fraction of sp³-hybridized carbons (Fsp3) is 0.556. The average Bonchev–Trinajstić information content (AvgIpc) is 2.66. The molecule has 1 aromatic heterocycles. The van der Waals surface area contributed by atoms with Crippen LogP contribution in [-0.2, 0) is 0 Å². The number of nitrogens with two attached hydrogens (primary N) is 1. The number of hydrogen-bond donors (Lipinski definition) is 3. The van der Waals surface area contributed by atoms with Crippen LogP contribution in [-0.4, -0.2) is 27.3 Å². The highest BCUT2D eigenvalue weighted by Crippen LogP contribution is 2.19. The van der Waals surface area contributed by atoms with Crippen LogP contribution in [0.15, 0.2) is 17.1 Å². The van der Waals surface area contributed by atoms with Gasteiger partial charge in [0.25, 0.3) is 0 Å². The molecule has 4 N–H and O–H groups in total. The van der Waals surface area contributed by atoms with E-state index in [-0.39, 0.29) is 30.3 Å². The summed E-state index contributed by atoms with van der Waals surface area (Å²) in [5.74, 6) is 0.230. The van der Waals surface area contributed by atoms with E-state index in [1.54, 1.807) is 12.3 Å². The van der Waals surface area contributed by atoms with Crippen molar-refractivity contribution in [1.82, 2.24) is 14.9 Å². The molecule has 0 bridgehead atoms. The molecule has 1 aromatic rings. The molecule has 1 saturated heterocycles. The number of anilines is 1. The summed E-state index contributed by atoms with van der Waals surface area (Å²) in [5.41, 5.74) is 5.04. The number of nitrogens with zero attached hydrogens (tertiary/aromatic N) is 2. The van der Waals surface area contributed by atoms with Crippen molar-refractivity contribution in [2.75, 3.05) is 12.3 Å². The van der Waals surface area contributed by atoms with Crippen LogP contribution >= 0.6 is 0 Å². The molecule has 82 valence electrons. The summed E-state index contributed by atoms with van der Waals surface area (Å²) in [6, 6.07) is 1.66. The number of nitrogens with one attached hydrogen (secondary N) is 1. The van der Waals surface area contributed by atoms with E-state index in [2.05, 4.69) is 10.3 Å². The standard InChI is InChI=1S/C9H14N4O2/c10-7-3-4-13(9(15)12-7)8-2-1-6(5-14)11-8/h3-4,6,8,11,14H,1-2,5H2,(H2,10,12,15). The Morgan fingerprint density at radius 3 is 3.07 bits per heavy atom. The van der Waals surface area contributed by atoms with Gasteiger partial charge in [0, 0.05) is 12.2 Å². The van der Waals surface area contributed by atoms with Gasteiger partial charge < -0.3 is 10.8 Å². The largest absolute Gasteiger partial charge is 0.395 e. The van der Waals surface area contributed by atoms with Gasteiger partial charge in [0.1, 0.15) is 5.82 Å². The van der Waals surface area contributed by atoms with Crippen molar-refractivity contribution < 1.29 is 5.11 Å². The minimum absolute atomic E-state index is 0.0689. The van der Waals surface area contributed by atoms with E-state index in [1.165, 1.54) is 4.57 Å². The highest BCUT2D eigenvalue weighted by molar-refractivity contribution is 5.23. The zero-order valence-electron chi connectivity index (χ0n) is 8.26. The number of aromatic nitrogens is 2. The van der Waals surface area contributed by atoms with E-state index in [9.17, 15) is 4.79 Å². The van der Waals surface area contributed by atoms with Gasteiger partial charge in [-0.1, -0.05) is 0 Å². The van der Waals surface area contributed by atoms with Gasteiger partial charge in [0.05, 0.1) is 12.8 Å². The lowest BCUT2D eigenvalue weighted by Gasteiger charge is -2.14. The normalized spacial score (nSPS) is 25.7. The van der Waals surface area contributed by atoms with Crippen LogP contribution in [0.25, 0.3) is 0 Å². The summed E-state index contributed by atoms with van der Waals surface area (Å²) in [5, 5.41) is 12.1. The summed E-state index contributed by atoms with van der Waals surface area (Å²) >= 11 is 0. The molecule has 0 aliphatic carbocycles. The summed E-state index contributed by atoms with van der Waals surface area (Å²) in [6.45, 7) is 0.0909. The number of aliphatic hydroxyl groups excluding tert-OH is 1. The van der Waals surface area contributed by atoms with Gasteiger partial charge in [-0.15, -0.1) is 0 Å². The summed E-state index contributed by atoms with van der Waals surface area (Å²) in [4.78, 5) is 15.1. The van der Waals surface area contributed by atoms with E-state index in [1.807, 2.05) is 0 Å². The Morgan fingerprint density at radius 2 is 2.47 bits per heavy atom. The number of nitrogen functional groups attached to an aromatic ring is 1. The molecule has 2 atom stereocenters. The summed E-state index contributed by atoms with van der Waals surface area (Å²) < 4.78 is 1.51. The van der Waals surface area contributed by atoms with Gasteiger partial charge >= 0.3 is 5.69 Å². The van der Waals surface area contributed by atoms with Crippen molar-refractivity contribution in [3.8, 4) is 0 Å². The van der Waals surface area contributed by atoms with Gasteiger partial charge in [0.15, 0.2) is 0 Å². The van der Waals surface area contributed by atoms with Crippen LogP contribution in [0.2, 0.25) is 0 Å². The van der Waals surface area contributed by atoms with Gasteiger partial charge in [0.2, 0.25) is 0 Å². The van der Waals surface area contributed by atoms with E-state index < -0.39 is 0 Å². The first kappa shape index (κ1) is 10.1. The highest BCUT2D eigenvalue weighted by Gasteiger charge is 2.24. The summed E-state index contributed by atoms with van der Waals surface area (Å²) in [6.07, 6.45) is 3.22. The quantitative estimate of drug-likeness (QED) is 0.586. The van der Waals surface area contributed by atoms with Crippen LogP contribution in [0.5, 0.6) is 0 Å². The molecule has 15 heavy (non-hydrogen) atoms. The second-order valence-corrected chi connectivity index (χ2v) is 3.68. The lowest BCUT2D eigenvalue weighted by Crippen LogP contribution is -2.35. The van der Waals surface area contributed by atoms with Crippen LogP contribution in [0.1, 0.15) is 19.0 Å². The maximum Gasteiger partial charge on any atom is 0.350 e. The van der Waals surface area contributed by atoms with Gasteiger partial charge in [-0.25, -0.2) is 4.79 Å². The topological polar surface area (TPSA) is 93.2 Å². The molecule has 0 amide bonds. The number of aliphatic hydroxyl groups is 1. The predicted octanol–water partition coefficient (Wildman–Crippen LogP) is -0.932. The smallest absolute Gasteiger partial charge is 0.350 e. The SMILES string of the molecule is Nc1ccn(C2CCC(CO)N2)c(=O)n1. The van der Waals surface area contributed by atoms with E-state index in [0.717, 1.165) is 12.8 Å². The molecule has 0 radical (unpaired) electrons. The molecule has 0 aromatic carbocycles. The fourth-order valence-corrected chi connectivity index (χ4v) is 1.82. The van der Waals surface area contributed by atoms with Gasteiger partial charge in [-0.2, -0.15) is 4.98 Å². The zero-order chi connectivity index (χ0) is 10.8. The second-order valence-electron chi connectivity index (χ2n) is 3.68. The van der Waals surface area contributed by atoms with E-state index >= 15 is 0 Å². The zero-order valence-corrected chi connectivity index (χ0v) is 8.26. The molecule has 1 aliphatic heterocycles. The maximum absolute atomic E-state index is 11.5. The van der Waals surface area contributed by atoms with Crippen LogP contribution < -0.4 is 16.7 Å². The Morgan fingerprint density at radius 1 is 1.67 bits per heavy atom. The molecule has 0 spiro atoms. The Labute approximate surface area is 86.7 Å². The first-order valence-electron chi connectivity index (χ1n) is 4.92. The van der Waals surface area contributed by atoms with Crippen molar-refractivity contribution in [1.29, 1.82) is 0 Å². The van der Waals surface area contributed by atoms with Gasteiger partial charge in [-0.3, -0.25) is 9.88 Å². The van der Waals surface area contributed by atoms with Crippen molar-refractivity contribution >= 4 is 5.82 Å². The molecule has 1 fully saturated rings. The molecule has 2 rings (SSSR count). The first-order chi connectivity index (χ1) is 7.20. The van der Waals surface area contributed by atoms with Gasteiger partial charge in [-0.05, 0) is 18.9 Å². The van der Waals surface area contributed by atoms with Crippen LogP contribution in [0.4, 0.5) is 5.82 Å².